The SMILES string of the molecule is CCCCCCCCCCCCCCOc1c(Cl)cc(Cl)cc1C(=O)Nc1cc(Cl)c(C)c(Cl)c1O. The lowest BCUT2D eigenvalue weighted by Gasteiger charge is -2.15. The van der Waals surface area contributed by atoms with E-state index in [0.29, 0.717) is 22.2 Å². The van der Waals surface area contributed by atoms with Gasteiger partial charge in [-0.15, -0.1) is 0 Å². The van der Waals surface area contributed by atoms with Crippen LogP contribution < -0.4 is 10.1 Å². The number of carbonyl (C=O) groups excluding carboxylic acids is 1. The number of amides is 1. The molecule has 0 aliphatic heterocycles. The number of hydrogen-bond donors (Lipinski definition) is 2. The molecule has 0 saturated heterocycles. The lowest BCUT2D eigenvalue weighted by molar-refractivity contribution is 0.102. The van der Waals surface area contributed by atoms with Crippen LogP contribution in [0, 0.1) is 6.92 Å². The molecule has 1 amide bonds. The molecule has 0 aliphatic rings. The van der Waals surface area contributed by atoms with Crippen molar-refractivity contribution in [3.8, 4) is 11.5 Å². The van der Waals surface area contributed by atoms with Gasteiger partial charge in [0.05, 0.1) is 27.9 Å². The van der Waals surface area contributed by atoms with Crippen molar-refractivity contribution in [3.05, 3.63) is 49.4 Å². The Hall–Kier alpha value is -1.33. The van der Waals surface area contributed by atoms with Gasteiger partial charge in [-0.25, -0.2) is 0 Å². The summed E-state index contributed by atoms with van der Waals surface area (Å²) in [6.45, 7) is 4.36. The minimum atomic E-state index is -0.546. The fourth-order valence-corrected chi connectivity index (χ4v) is 4.99. The fourth-order valence-electron chi connectivity index (χ4n) is 3.98. The van der Waals surface area contributed by atoms with Crippen LogP contribution in [-0.4, -0.2) is 17.6 Å². The number of halogens is 4. The first kappa shape index (κ1) is 30.9. The van der Waals surface area contributed by atoms with Gasteiger partial charge in [0, 0.05) is 10.0 Å². The molecule has 0 aromatic heterocycles. The molecule has 0 saturated carbocycles. The number of anilines is 1. The third-order valence-corrected chi connectivity index (χ3v) is 7.52. The smallest absolute Gasteiger partial charge is 0.259 e. The highest BCUT2D eigenvalue weighted by atomic mass is 35.5. The lowest BCUT2D eigenvalue weighted by Crippen LogP contribution is -2.15. The Morgan fingerprint density at radius 2 is 1.39 bits per heavy atom. The van der Waals surface area contributed by atoms with E-state index in [9.17, 15) is 9.90 Å². The predicted molar refractivity (Wildman–Crippen MR) is 154 cm³/mol. The number of phenols is 1. The van der Waals surface area contributed by atoms with Gasteiger partial charge in [-0.05, 0) is 37.1 Å². The molecule has 8 heteroatoms. The lowest BCUT2D eigenvalue weighted by atomic mass is 10.1. The molecule has 0 radical (unpaired) electrons. The summed E-state index contributed by atoms with van der Waals surface area (Å²) in [6.07, 6.45) is 15.0. The molecule has 0 atom stereocenters. The molecule has 0 bridgehead atoms. The van der Waals surface area contributed by atoms with Gasteiger partial charge in [-0.1, -0.05) is 124 Å². The molecular formula is C28H37Cl4NO3. The predicted octanol–water partition coefficient (Wildman–Crippen LogP) is 10.6. The highest BCUT2D eigenvalue weighted by Gasteiger charge is 2.20. The second-order valence-corrected chi connectivity index (χ2v) is 10.8. The highest BCUT2D eigenvalue weighted by Crippen LogP contribution is 2.40. The molecule has 2 aromatic rings. The summed E-state index contributed by atoms with van der Waals surface area (Å²) in [5.74, 6) is -0.556. The number of hydrogen-bond acceptors (Lipinski definition) is 3. The molecule has 0 unspecified atom stereocenters. The molecule has 0 heterocycles. The van der Waals surface area contributed by atoms with E-state index in [1.165, 1.54) is 76.0 Å². The highest BCUT2D eigenvalue weighted by molar-refractivity contribution is 6.38. The summed E-state index contributed by atoms with van der Waals surface area (Å²) in [7, 11) is 0. The molecule has 0 spiro atoms. The number of unbranched alkanes of at least 4 members (excludes halogenated alkanes) is 11. The molecule has 2 rings (SSSR count). The van der Waals surface area contributed by atoms with Crippen molar-refractivity contribution in [2.24, 2.45) is 0 Å². The second-order valence-electron chi connectivity index (χ2n) is 9.15. The van der Waals surface area contributed by atoms with E-state index in [1.54, 1.807) is 6.92 Å². The Morgan fingerprint density at radius 1 is 0.833 bits per heavy atom. The van der Waals surface area contributed by atoms with Crippen molar-refractivity contribution in [3.63, 3.8) is 0 Å². The van der Waals surface area contributed by atoms with Gasteiger partial charge in [0.15, 0.2) is 11.5 Å². The number of nitrogens with one attached hydrogen (secondary N) is 1. The number of carbonyl (C=O) groups is 1. The maximum Gasteiger partial charge on any atom is 0.259 e. The number of aromatic hydroxyl groups is 1. The van der Waals surface area contributed by atoms with Crippen LogP contribution in [0.3, 0.4) is 0 Å². The molecule has 2 aromatic carbocycles. The van der Waals surface area contributed by atoms with E-state index >= 15 is 0 Å². The van der Waals surface area contributed by atoms with Crippen LogP contribution in [0.5, 0.6) is 11.5 Å². The Balaban J connectivity index is 1.83. The summed E-state index contributed by atoms with van der Waals surface area (Å²) in [5, 5.41) is 13.9. The number of benzene rings is 2. The normalized spacial score (nSPS) is 11.1. The minimum Gasteiger partial charge on any atom is -0.504 e. The first-order valence-electron chi connectivity index (χ1n) is 12.9. The zero-order valence-corrected chi connectivity index (χ0v) is 24.2. The van der Waals surface area contributed by atoms with Crippen molar-refractivity contribution >= 4 is 58.0 Å². The van der Waals surface area contributed by atoms with Gasteiger partial charge >= 0.3 is 0 Å². The molecule has 4 nitrogen and oxygen atoms in total. The molecular weight excluding hydrogens is 540 g/mol. The summed E-state index contributed by atoms with van der Waals surface area (Å²) in [4.78, 5) is 13.0. The van der Waals surface area contributed by atoms with Gasteiger partial charge < -0.3 is 15.2 Å². The molecule has 36 heavy (non-hydrogen) atoms. The third-order valence-electron chi connectivity index (χ3n) is 6.17. The fraction of sp³-hybridized carbons (Fsp3) is 0.536. The van der Waals surface area contributed by atoms with Gasteiger partial charge in [0.25, 0.3) is 5.91 Å². The quantitative estimate of drug-likeness (QED) is 0.154. The average molecular weight is 577 g/mol. The Bertz CT molecular complexity index is 997. The van der Waals surface area contributed by atoms with E-state index in [4.69, 9.17) is 51.1 Å². The maximum atomic E-state index is 13.0. The topological polar surface area (TPSA) is 58.6 Å². The number of rotatable bonds is 16. The zero-order valence-electron chi connectivity index (χ0n) is 21.2. The van der Waals surface area contributed by atoms with E-state index in [1.807, 2.05) is 0 Å². The van der Waals surface area contributed by atoms with Crippen LogP contribution >= 0.6 is 46.4 Å². The number of phenolic OH excluding ortho intramolecular Hbond substituents is 1. The summed E-state index contributed by atoms with van der Waals surface area (Å²) >= 11 is 24.8. The Morgan fingerprint density at radius 3 is 1.97 bits per heavy atom. The van der Waals surface area contributed by atoms with Crippen LogP contribution in [0.15, 0.2) is 18.2 Å². The third kappa shape index (κ3) is 9.85. The van der Waals surface area contributed by atoms with Crippen LogP contribution in [-0.2, 0) is 0 Å². The minimum absolute atomic E-state index is 0.0744. The second kappa shape index (κ2) is 16.5. The van der Waals surface area contributed by atoms with E-state index in [-0.39, 0.29) is 32.8 Å². The van der Waals surface area contributed by atoms with Gasteiger partial charge in [0.2, 0.25) is 0 Å². The Kier molecular flexibility index (Phi) is 14.2. The van der Waals surface area contributed by atoms with Crippen molar-refractivity contribution in [2.75, 3.05) is 11.9 Å². The molecule has 0 aliphatic carbocycles. The summed E-state index contributed by atoms with van der Waals surface area (Å²) < 4.78 is 5.90. The largest absolute Gasteiger partial charge is 0.504 e. The summed E-state index contributed by atoms with van der Waals surface area (Å²) in [5.41, 5.74) is 0.772. The summed E-state index contributed by atoms with van der Waals surface area (Å²) in [6, 6.07) is 4.46. The monoisotopic (exact) mass is 575 g/mol. The van der Waals surface area contributed by atoms with Gasteiger partial charge in [0.1, 0.15) is 0 Å². The van der Waals surface area contributed by atoms with E-state index in [2.05, 4.69) is 12.2 Å². The van der Waals surface area contributed by atoms with Crippen LogP contribution in [0.25, 0.3) is 0 Å². The first-order chi connectivity index (χ1) is 17.3. The van der Waals surface area contributed by atoms with Crippen LogP contribution in [0.1, 0.15) is 99.9 Å². The zero-order chi connectivity index (χ0) is 26.5. The molecule has 2 N–H and O–H groups in total. The molecule has 0 fully saturated rings. The van der Waals surface area contributed by atoms with Crippen LogP contribution in [0.2, 0.25) is 20.1 Å². The van der Waals surface area contributed by atoms with E-state index < -0.39 is 5.91 Å². The van der Waals surface area contributed by atoms with Crippen molar-refractivity contribution in [2.45, 2.75) is 90.9 Å². The van der Waals surface area contributed by atoms with Gasteiger partial charge in [-0.3, -0.25) is 4.79 Å². The molecule has 200 valence electrons. The van der Waals surface area contributed by atoms with Crippen LogP contribution in [0.4, 0.5) is 5.69 Å². The number of ether oxygens (including phenoxy) is 1. The van der Waals surface area contributed by atoms with Crippen molar-refractivity contribution in [1.29, 1.82) is 0 Å². The Labute approximate surface area is 235 Å². The maximum absolute atomic E-state index is 13.0. The standard InChI is InChI=1S/C28H37Cl4NO3/c1-3-4-5-6-7-8-9-10-11-12-13-14-15-36-27-21(16-20(29)17-23(27)31)28(35)33-24-18-22(30)19(2)25(32)26(24)34/h16-18,34H,3-15H2,1-2H3,(H,33,35). The van der Waals surface area contributed by atoms with Crippen molar-refractivity contribution < 1.29 is 14.6 Å². The first-order valence-corrected chi connectivity index (χ1v) is 14.4. The van der Waals surface area contributed by atoms with Crippen molar-refractivity contribution in [1.82, 2.24) is 0 Å². The van der Waals surface area contributed by atoms with E-state index in [0.717, 1.165) is 19.3 Å². The van der Waals surface area contributed by atoms with Gasteiger partial charge in [-0.2, -0.15) is 0 Å². The average Bonchev–Trinajstić information content (AvgIpc) is 2.84.